The summed E-state index contributed by atoms with van der Waals surface area (Å²) in [5.74, 6) is 23.5. The summed E-state index contributed by atoms with van der Waals surface area (Å²) in [6, 6.07) is 48.5. The van der Waals surface area contributed by atoms with E-state index in [-0.39, 0.29) is 0 Å². The van der Waals surface area contributed by atoms with Crippen LogP contribution in [-0.4, -0.2) is 33.9 Å². The molecule has 0 bridgehead atoms. The maximum absolute atomic E-state index is 6.64. The van der Waals surface area contributed by atoms with Gasteiger partial charge in [-0.25, -0.2) is 0 Å². The number of ether oxygens (including phenoxy) is 3. The quantitative estimate of drug-likeness (QED) is 0.0363. The van der Waals surface area contributed by atoms with Crippen molar-refractivity contribution in [1.29, 1.82) is 0 Å². The van der Waals surface area contributed by atoms with Crippen LogP contribution in [0.4, 0.5) is 0 Å². The van der Waals surface area contributed by atoms with Gasteiger partial charge in [0, 0.05) is 63.5 Å². The summed E-state index contributed by atoms with van der Waals surface area (Å²) in [5, 5.41) is 17.2. The molecule has 3 aromatic heterocycles. The summed E-state index contributed by atoms with van der Waals surface area (Å²) < 4.78 is 25.1. The highest BCUT2D eigenvalue weighted by molar-refractivity contribution is 6.22. The third-order valence-electron chi connectivity index (χ3n) is 14.8. The smallest absolute Gasteiger partial charge is 0.248 e. The van der Waals surface area contributed by atoms with Gasteiger partial charge in [0.25, 0.3) is 0 Å². The predicted octanol–water partition coefficient (Wildman–Crippen LogP) is 17.8. The van der Waals surface area contributed by atoms with Crippen LogP contribution < -0.4 is 14.2 Å². The highest BCUT2D eigenvalue weighted by atomic mass is 16.5. The van der Waals surface area contributed by atoms with Gasteiger partial charge in [-0.05, 0) is 183 Å². The van der Waals surface area contributed by atoms with Crippen LogP contribution in [0.5, 0.6) is 17.2 Å². The molecule has 0 radical (unpaired) electrons. The average molecular weight is 1080 g/mol. The van der Waals surface area contributed by atoms with Crippen molar-refractivity contribution < 1.29 is 18.6 Å². The van der Waals surface area contributed by atoms with Gasteiger partial charge in [-0.15, -0.1) is 16.6 Å². The molecule has 402 valence electrons. The fourth-order valence-corrected chi connectivity index (χ4v) is 10.8. The molecule has 0 unspecified atom stereocenters. The van der Waals surface area contributed by atoms with Crippen molar-refractivity contribution >= 4 is 60.2 Å². The Kier molecular flexibility index (Phi) is 16.8. The van der Waals surface area contributed by atoms with Crippen LogP contribution in [0, 0.1) is 66.8 Å². The Balaban J connectivity index is 1.05. The summed E-state index contributed by atoms with van der Waals surface area (Å²) in [7, 11) is 1.68. The van der Waals surface area contributed by atoms with Gasteiger partial charge in [-0.3, -0.25) is 9.97 Å². The Bertz CT molecular complexity index is 4610. The van der Waals surface area contributed by atoms with Gasteiger partial charge >= 0.3 is 0 Å². The summed E-state index contributed by atoms with van der Waals surface area (Å²) in [6.45, 7) is 6.95. The molecular weight excluding hydrogens is 1020 g/mol. The van der Waals surface area contributed by atoms with Crippen molar-refractivity contribution in [3.63, 3.8) is 0 Å². The van der Waals surface area contributed by atoms with Crippen molar-refractivity contribution in [3.8, 4) is 133 Å². The lowest BCUT2D eigenvalue weighted by Gasteiger charge is -2.20. The summed E-state index contributed by atoms with van der Waals surface area (Å²) in [4.78, 5) is 9.86. The zero-order valence-electron chi connectivity index (χ0n) is 47.0. The molecule has 0 aliphatic carbocycles. The van der Waals surface area contributed by atoms with Gasteiger partial charge in [-0.2, -0.15) is 0 Å². The molecule has 11 aromatic rings. The predicted molar refractivity (Wildman–Crippen MR) is 339 cm³/mol. The van der Waals surface area contributed by atoms with E-state index in [2.05, 4.69) is 175 Å². The summed E-state index contributed by atoms with van der Waals surface area (Å²) >= 11 is 0. The number of allylic oxidation sites excluding steroid dienone is 1. The number of terminal acetylenes is 1. The minimum atomic E-state index is 0.396. The van der Waals surface area contributed by atoms with Crippen molar-refractivity contribution in [2.75, 3.05) is 13.7 Å². The van der Waals surface area contributed by atoms with Gasteiger partial charge in [-0.1, -0.05) is 130 Å². The third-order valence-corrected chi connectivity index (χ3v) is 14.8. The molecule has 0 spiro atoms. The summed E-state index contributed by atoms with van der Waals surface area (Å²) in [6.07, 6.45) is 25.6. The number of aromatic nitrogens is 4. The number of nitrogens with zero attached hydrogens (tertiary/aromatic N) is 4. The van der Waals surface area contributed by atoms with E-state index < -0.39 is 0 Å². The Morgan fingerprint density at radius 3 is 1.93 bits per heavy atom. The van der Waals surface area contributed by atoms with Crippen LogP contribution in [0.25, 0.3) is 116 Å². The van der Waals surface area contributed by atoms with Crippen LogP contribution in [0.2, 0.25) is 0 Å². The van der Waals surface area contributed by atoms with Crippen LogP contribution >= 0.6 is 0 Å². The molecule has 8 aromatic carbocycles. The zero-order chi connectivity index (χ0) is 56.9. The molecule has 0 amide bonds. The fraction of sp³-hybridized carbons (Fsp3) is 0.173. The fourth-order valence-electron chi connectivity index (χ4n) is 10.8. The Labute approximate surface area is 485 Å². The maximum Gasteiger partial charge on any atom is 0.248 e. The average Bonchev–Trinajstić information content (AvgIpc) is 3.22. The van der Waals surface area contributed by atoms with Crippen molar-refractivity contribution in [3.05, 3.63) is 169 Å². The first-order valence-corrected chi connectivity index (χ1v) is 28.1. The molecule has 0 aliphatic rings. The van der Waals surface area contributed by atoms with Crippen LogP contribution in [0.3, 0.4) is 0 Å². The number of methoxy groups -OCH3 is 1. The number of aryl methyl sites for hydroxylation is 1. The number of hydrogen-bond acceptors (Lipinski definition) is 8. The lowest BCUT2D eigenvalue weighted by Crippen LogP contribution is -1.98. The standard InChI is InChI=1S/C75H58N4O4/c1-6-9-11-13-15-17-19-21-41-81-61-37-39-64-66(47-61)70(63-38-36-62(82-42-22-20-18-16-14-12-10-7-2)48-67(63)71(64)60-45-59-35-30-52-25-23-40-76-72(52)73(59)77-50-60)58-34-32-54-43-56(33-31-55(54)44-58)65-46-57(24-8-3)69(80-5)49-68(65)75-79-78-74(83-75)53-28-26-51(4)27-29-53/h2,8,23-40,43-50H,6,9,11,13,15,17,19,21,41H2,1,3-5H3/b24-8+. The van der Waals surface area contributed by atoms with Crippen LogP contribution in [0.15, 0.2) is 162 Å². The minimum absolute atomic E-state index is 0.396. The Morgan fingerprint density at radius 1 is 0.542 bits per heavy atom. The Hall–Kier alpha value is -10.6. The minimum Gasteiger partial charge on any atom is -0.496 e. The summed E-state index contributed by atoms with van der Waals surface area (Å²) in [5.41, 5.74) is 11.3. The number of benzene rings is 8. The van der Waals surface area contributed by atoms with E-state index >= 15 is 0 Å². The molecule has 0 atom stereocenters. The van der Waals surface area contributed by atoms with E-state index in [1.54, 1.807) is 7.11 Å². The van der Waals surface area contributed by atoms with Gasteiger partial charge in [0.2, 0.25) is 11.8 Å². The van der Waals surface area contributed by atoms with E-state index in [0.29, 0.717) is 29.9 Å². The number of rotatable bonds is 18. The van der Waals surface area contributed by atoms with E-state index in [0.717, 1.165) is 128 Å². The zero-order valence-corrected chi connectivity index (χ0v) is 47.0. The monoisotopic (exact) mass is 1080 g/mol. The first-order chi connectivity index (χ1) is 40.9. The molecule has 11 rings (SSSR count). The second-order valence-corrected chi connectivity index (χ2v) is 20.3. The highest BCUT2D eigenvalue weighted by Gasteiger charge is 2.22. The number of fused-ring (bicyclic) bond motifs is 6. The largest absolute Gasteiger partial charge is 0.496 e. The molecule has 83 heavy (non-hydrogen) atoms. The van der Waals surface area contributed by atoms with E-state index in [1.165, 1.54) is 38.5 Å². The molecule has 0 fully saturated rings. The van der Waals surface area contributed by atoms with Gasteiger partial charge in [0.15, 0.2) is 0 Å². The lowest BCUT2D eigenvalue weighted by molar-refractivity contribution is 0.304. The van der Waals surface area contributed by atoms with E-state index in [9.17, 15) is 0 Å². The van der Waals surface area contributed by atoms with Gasteiger partial charge in [0.1, 0.15) is 23.4 Å². The van der Waals surface area contributed by atoms with Crippen molar-refractivity contribution in [1.82, 2.24) is 20.2 Å². The first-order valence-electron chi connectivity index (χ1n) is 28.1. The third kappa shape index (κ3) is 12.1. The molecular formula is C75H58N4O4. The van der Waals surface area contributed by atoms with Crippen LogP contribution in [-0.2, 0) is 0 Å². The second kappa shape index (κ2) is 25.7. The van der Waals surface area contributed by atoms with E-state index in [4.69, 9.17) is 35.0 Å². The number of hydrogen-bond donors (Lipinski definition) is 0. The Morgan fingerprint density at radius 2 is 1.17 bits per heavy atom. The SMILES string of the molecule is C#CC#CC#CC#CC#COc1ccc2c(-c3ccc4cc(-c5cc(/C=C/C)c(OC)cc5-c5nnc(-c6ccc(C)cc6)o5)ccc4c3)c3cc(OCCCCCCCCCC)ccc3c(-c3cnc4c(ccc5cccnc54)c3)c2c1. The topological polar surface area (TPSA) is 92.4 Å². The van der Waals surface area contributed by atoms with Crippen LogP contribution in [0.1, 0.15) is 76.3 Å². The van der Waals surface area contributed by atoms with Crippen molar-refractivity contribution in [2.24, 2.45) is 0 Å². The normalized spacial score (nSPS) is 10.9. The molecule has 0 saturated heterocycles. The van der Waals surface area contributed by atoms with Gasteiger partial charge in [0.05, 0.1) is 30.3 Å². The molecule has 8 heteroatoms. The van der Waals surface area contributed by atoms with Gasteiger partial charge < -0.3 is 18.6 Å². The number of pyridine rings is 2. The van der Waals surface area contributed by atoms with E-state index in [1.807, 2.05) is 73.9 Å². The highest BCUT2D eigenvalue weighted by Crippen LogP contribution is 2.47. The lowest BCUT2D eigenvalue weighted by atomic mass is 9.85. The molecule has 0 N–H and O–H groups in total. The molecule has 0 saturated carbocycles. The maximum atomic E-state index is 6.64. The number of unbranched alkanes of at least 4 members (excludes halogenated alkanes) is 7. The van der Waals surface area contributed by atoms with Crippen molar-refractivity contribution in [2.45, 2.75) is 72.1 Å². The molecule has 0 aliphatic heterocycles. The first kappa shape index (κ1) is 54.4. The molecule has 3 heterocycles. The molecule has 8 nitrogen and oxygen atoms in total. The second-order valence-electron chi connectivity index (χ2n) is 20.3.